The molecule has 1 saturated heterocycles. The summed E-state index contributed by atoms with van der Waals surface area (Å²) in [6, 6.07) is -0.491. The summed E-state index contributed by atoms with van der Waals surface area (Å²) in [6.45, 7) is 3.60. The molecule has 2 fully saturated rings. The largest absolute Gasteiger partial charge is 0.445 e. The van der Waals surface area contributed by atoms with Crippen LogP contribution in [0.25, 0.3) is 0 Å². The molecule has 0 spiro atoms. The third-order valence-electron chi connectivity index (χ3n) is 3.98. The molecular weight excluding hydrogens is 310 g/mol. The Morgan fingerprint density at radius 2 is 1.83 bits per heavy atom. The monoisotopic (exact) mass is 343 g/mol. The molecule has 2 aliphatic rings. The van der Waals surface area contributed by atoms with Gasteiger partial charge in [0, 0.05) is 0 Å². The van der Waals surface area contributed by atoms with Gasteiger partial charge >= 0.3 is 12.1 Å². The molecule has 140 valence electrons. The number of hydrogen-bond donors (Lipinski definition) is 1. The number of esters is 1. The highest BCUT2D eigenvalue weighted by Gasteiger charge is 2.38. The van der Waals surface area contributed by atoms with E-state index in [1.54, 1.807) is 0 Å². The van der Waals surface area contributed by atoms with E-state index in [-0.39, 0.29) is 40.0 Å². The van der Waals surface area contributed by atoms with Crippen LogP contribution in [0.3, 0.4) is 0 Å². The number of hydrogen-bond acceptors (Lipinski definition) is 5. The number of nitrogens with one attached hydrogen (secondary N) is 1. The normalized spacial score (nSPS) is 24.4. The third kappa shape index (κ3) is 7.34. The number of alkyl carbamates (subject to hydrolysis) is 1. The van der Waals surface area contributed by atoms with E-state index in [0.29, 0.717) is 0 Å². The van der Waals surface area contributed by atoms with Crippen molar-refractivity contribution in [2.24, 2.45) is 0 Å². The van der Waals surface area contributed by atoms with E-state index in [0.717, 1.165) is 25.7 Å². The van der Waals surface area contributed by atoms with Gasteiger partial charge in [-0.3, -0.25) is 4.79 Å². The molecule has 0 aromatic heterocycles. The lowest BCUT2D eigenvalue weighted by Gasteiger charge is -2.26. The van der Waals surface area contributed by atoms with Crippen molar-refractivity contribution in [1.82, 2.24) is 5.32 Å². The molecule has 24 heavy (non-hydrogen) atoms. The van der Waals surface area contributed by atoms with Crippen LogP contribution < -0.4 is 5.32 Å². The lowest BCUT2D eigenvalue weighted by molar-refractivity contribution is -0.177. The van der Waals surface area contributed by atoms with Gasteiger partial charge in [-0.25, -0.2) is 4.79 Å². The summed E-state index contributed by atoms with van der Waals surface area (Å²) in [7, 11) is 0. The number of ether oxygens (including phenoxy) is 3. The van der Waals surface area contributed by atoms with Gasteiger partial charge in [0.15, 0.2) is 0 Å². The van der Waals surface area contributed by atoms with Crippen molar-refractivity contribution in [1.29, 1.82) is 0 Å². The lowest BCUT2D eigenvalue weighted by atomic mass is 9.98. The zero-order valence-electron chi connectivity index (χ0n) is 12.9. The second-order valence-electron chi connectivity index (χ2n) is 5.80. The Balaban J connectivity index is 0.00000264. The van der Waals surface area contributed by atoms with Crippen molar-refractivity contribution >= 4 is 12.1 Å². The predicted octanol–water partition coefficient (Wildman–Crippen LogP) is 3.94. The van der Waals surface area contributed by atoms with E-state index >= 15 is 0 Å². The highest BCUT2D eigenvalue weighted by Crippen LogP contribution is 2.24. The molecule has 2 rings (SSSR count). The summed E-state index contributed by atoms with van der Waals surface area (Å²) in [6.07, 6.45) is 8.31. The molecule has 2 atom stereocenters. The summed E-state index contributed by atoms with van der Waals surface area (Å²) >= 11 is 0. The maximum absolute atomic E-state index is 11.6. The molecule has 1 heterocycles. The molecule has 1 saturated carbocycles. The number of amides is 1. The van der Waals surface area contributed by atoms with E-state index < -0.39 is 18.4 Å². The van der Waals surface area contributed by atoms with Crippen molar-refractivity contribution in [3.05, 3.63) is 12.7 Å². The number of cyclic esters (lactones) is 1. The molecule has 2 unspecified atom stereocenters. The van der Waals surface area contributed by atoms with E-state index in [1.807, 2.05) is 0 Å². The molecule has 0 aromatic carbocycles. The van der Waals surface area contributed by atoms with Crippen LogP contribution in [-0.2, 0) is 19.0 Å². The number of rotatable bonds is 5. The van der Waals surface area contributed by atoms with E-state index in [4.69, 9.17) is 14.2 Å². The van der Waals surface area contributed by atoms with Crippen molar-refractivity contribution < 1.29 is 23.8 Å². The first-order valence-electron chi connectivity index (χ1n) is 8.08. The van der Waals surface area contributed by atoms with Gasteiger partial charge in [0.1, 0.15) is 12.6 Å². The minimum atomic E-state index is -0.715. The molecule has 1 N–H and O–H groups in total. The van der Waals surface area contributed by atoms with Gasteiger partial charge in [-0.15, -0.1) is 0 Å². The summed E-state index contributed by atoms with van der Waals surface area (Å²) in [4.78, 5) is 23.1. The highest BCUT2D eigenvalue weighted by atomic mass is 16.7. The quantitative estimate of drug-likeness (QED) is 0.604. The van der Waals surface area contributed by atoms with Crippen LogP contribution in [0.1, 0.15) is 66.2 Å². The van der Waals surface area contributed by atoms with Crippen LogP contribution in [-0.4, -0.2) is 37.1 Å². The van der Waals surface area contributed by atoms with Gasteiger partial charge in [-0.2, -0.15) is 0 Å². The second-order valence-corrected chi connectivity index (χ2v) is 5.80. The van der Waals surface area contributed by atoms with Gasteiger partial charge in [-0.1, -0.05) is 59.6 Å². The Bertz CT molecular complexity index is 391. The van der Waals surface area contributed by atoms with Crippen LogP contribution in [0.4, 0.5) is 4.79 Å². The molecule has 1 aliphatic carbocycles. The zero-order valence-corrected chi connectivity index (χ0v) is 12.9. The molecule has 6 nitrogen and oxygen atoms in total. The third-order valence-corrected chi connectivity index (χ3v) is 3.98. The van der Waals surface area contributed by atoms with Gasteiger partial charge < -0.3 is 19.5 Å². The SMILES string of the molecule is C.C.C=CCOC(=O)NC1CC(=O)OC1OC1CCCCCCC1. The van der Waals surface area contributed by atoms with E-state index in [9.17, 15) is 9.59 Å². The molecule has 6 heteroatoms. The maximum Gasteiger partial charge on any atom is 0.407 e. The minimum Gasteiger partial charge on any atom is -0.445 e. The average Bonchev–Trinajstić information content (AvgIpc) is 2.79. The smallest absolute Gasteiger partial charge is 0.407 e. The van der Waals surface area contributed by atoms with Crippen molar-refractivity contribution in [3.63, 3.8) is 0 Å². The molecule has 1 amide bonds. The first kappa shape index (κ1) is 22.4. The van der Waals surface area contributed by atoms with Crippen LogP contribution in [0.2, 0.25) is 0 Å². The summed E-state index contributed by atoms with van der Waals surface area (Å²) in [5.41, 5.74) is 0. The maximum atomic E-state index is 11.6. The average molecular weight is 343 g/mol. The Morgan fingerprint density at radius 1 is 1.21 bits per heavy atom. The molecule has 0 radical (unpaired) electrons. The van der Waals surface area contributed by atoms with E-state index in [1.165, 1.54) is 25.3 Å². The van der Waals surface area contributed by atoms with Crippen LogP contribution in [0, 0.1) is 0 Å². The molecular formula is C18H33NO5. The summed E-state index contributed by atoms with van der Waals surface area (Å²) in [5, 5.41) is 2.63. The predicted molar refractivity (Wildman–Crippen MR) is 93.6 cm³/mol. The first-order valence-corrected chi connectivity index (χ1v) is 8.08. The fraction of sp³-hybridized carbons (Fsp3) is 0.778. The Kier molecular flexibility index (Phi) is 11.1. The molecule has 1 aliphatic heterocycles. The van der Waals surface area contributed by atoms with Gasteiger partial charge in [0.05, 0.1) is 12.5 Å². The van der Waals surface area contributed by atoms with Gasteiger partial charge in [0.25, 0.3) is 0 Å². The van der Waals surface area contributed by atoms with Crippen molar-refractivity contribution in [2.45, 2.75) is 84.7 Å². The van der Waals surface area contributed by atoms with Crippen LogP contribution in [0.5, 0.6) is 0 Å². The zero-order chi connectivity index (χ0) is 15.8. The Hall–Kier alpha value is -1.56. The van der Waals surface area contributed by atoms with Gasteiger partial charge in [-0.05, 0) is 12.8 Å². The van der Waals surface area contributed by atoms with Crippen molar-refractivity contribution in [3.8, 4) is 0 Å². The van der Waals surface area contributed by atoms with E-state index in [2.05, 4.69) is 11.9 Å². The standard InChI is InChI=1S/C16H25NO5.2CH4/c1-2-10-20-16(19)17-13-11-14(18)22-15(13)21-12-8-6-4-3-5-7-9-12;;/h2,12-13,15H,1,3-11H2,(H,17,19);2*1H4. The highest BCUT2D eigenvalue weighted by molar-refractivity contribution is 5.75. The van der Waals surface area contributed by atoms with Crippen LogP contribution >= 0.6 is 0 Å². The molecule has 0 bridgehead atoms. The summed E-state index contributed by atoms with van der Waals surface area (Å²) < 4.78 is 16.0. The fourth-order valence-corrected chi connectivity index (χ4v) is 2.85. The minimum absolute atomic E-state index is 0. The topological polar surface area (TPSA) is 73.9 Å². The lowest BCUT2D eigenvalue weighted by Crippen LogP contribution is -2.43. The first-order chi connectivity index (χ1) is 10.7. The fourth-order valence-electron chi connectivity index (χ4n) is 2.85. The van der Waals surface area contributed by atoms with Crippen LogP contribution in [0.15, 0.2) is 12.7 Å². The number of carbonyl (C=O) groups excluding carboxylic acids is 2. The molecule has 0 aromatic rings. The Morgan fingerprint density at radius 3 is 2.46 bits per heavy atom. The second kappa shape index (κ2) is 11.9. The van der Waals surface area contributed by atoms with Crippen molar-refractivity contribution in [2.75, 3.05) is 6.61 Å². The van der Waals surface area contributed by atoms with Gasteiger partial charge in [0.2, 0.25) is 6.29 Å². The Labute approximate surface area is 145 Å². The summed E-state index contributed by atoms with van der Waals surface area (Å²) in [5.74, 6) is -0.357. The number of carbonyl (C=O) groups is 2.